The summed E-state index contributed by atoms with van der Waals surface area (Å²) in [5.74, 6) is 1.79. The SMILES string of the molecule is CN(C)[C@@H](C(=O)N1CCC[C@H]1c1ncc(-c2ccc(-c3ccc(-c4cnc([C@@H]5CCCN5C(=O)c5cc[c]cc5)[nH]4)cc3)cc2)[nH]1)c1ccccc1. The van der Waals surface area contributed by atoms with Gasteiger partial charge in [0.25, 0.3) is 5.91 Å². The number of benzene rings is 4. The van der Waals surface area contributed by atoms with Crippen LogP contribution in [0.4, 0.5) is 0 Å². The lowest BCUT2D eigenvalue weighted by molar-refractivity contribution is -0.137. The van der Waals surface area contributed by atoms with E-state index in [0.717, 1.165) is 89.6 Å². The van der Waals surface area contributed by atoms with Crippen molar-refractivity contribution >= 4 is 11.8 Å². The quantitative estimate of drug-likeness (QED) is 0.161. The number of likely N-dealkylation sites (tertiary alicyclic amines) is 2. The molecule has 2 aliphatic heterocycles. The van der Waals surface area contributed by atoms with Gasteiger partial charge in [0.2, 0.25) is 5.91 Å². The van der Waals surface area contributed by atoms with Crippen molar-refractivity contribution in [3.63, 3.8) is 0 Å². The van der Waals surface area contributed by atoms with E-state index < -0.39 is 0 Å². The number of carbonyl (C=O) groups excluding carboxylic acids is 2. The fourth-order valence-electron chi connectivity index (χ4n) is 7.75. The number of carbonyl (C=O) groups is 2. The predicted molar refractivity (Wildman–Crippen MR) is 202 cm³/mol. The molecule has 8 rings (SSSR count). The molecule has 0 spiro atoms. The van der Waals surface area contributed by atoms with Gasteiger partial charge in [-0.1, -0.05) is 91.0 Å². The first-order valence-corrected chi connectivity index (χ1v) is 18.0. The molecule has 0 bridgehead atoms. The summed E-state index contributed by atoms with van der Waals surface area (Å²) in [4.78, 5) is 49.5. The number of hydrogen-bond acceptors (Lipinski definition) is 5. The molecular weight excluding hydrogens is 647 g/mol. The minimum Gasteiger partial charge on any atom is -0.340 e. The van der Waals surface area contributed by atoms with E-state index in [1.54, 1.807) is 12.1 Å². The maximum Gasteiger partial charge on any atom is 0.254 e. The molecule has 261 valence electrons. The minimum atomic E-state index is -0.339. The number of nitrogens with zero attached hydrogens (tertiary/aromatic N) is 5. The number of hydrogen-bond donors (Lipinski definition) is 2. The van der Waals surface area contributed by atoms with E-state index in [0.29, 0.717) is 5.56 Å². The van der Waals surface area contributed by atoms with Crippen molar-refractivity contribution in [1.29, 1.82) is 0 Å². The Balaban J connectivity index is 0.934. The summed E-state index contributed by atoms with van der Waals surface area (Å²) in [5.41, 5.74) is 7.85. The van der Waals surface area contributed by atoms with Gasteiger partial charge in [0.05, 0.1) is 35.9 Å². The fourth-order valence-corrected chi connectivity index (χ4v) is 7.75. The molecule has 2 aliphatic rings. The van der Waals surface area contributed by atoms with Crippen LogP contribution in [0, 0.1) is 6.07 Å². The van der Waals surface area contributed by atoms with E-state index in [-0.39, 0.29) is 29.9 Å². The Hall–Kier alpha value is -5.80. The zero-order valence-corrected chi connectivity index (χ0v) is 29.5. The van der Waals surface area contributed by atoms with Crippen LogP contribution >= 0.6 is 0 Å². The minimum absolute atomic E-state index is 0.0302. The molecule has 3 atom stereocenters. The maximum atomic E-state index is 13.9. The van der Waals surface area contributed by atoms with E-state index >= 15 is 0 Å². The number of likely N-dealkylation sites (N-methyl/N-ethyl adjacent to an activating group) is 1. The average Bonchev–Trinajstić information content (AvgIpc) is 4.02. The van der Waals surface area contributed by atoms with Gasteiger partial charge >= 0.3 is 0 Å². The van der Waals surface area contributed by atoms with Gasteiger partial charge in [-0.05, 0) is 85.8 Å². The number of imidazole rings is 2. The van der Waals surface area contributed by atoms with Gasteiger partial charge in [-0.25, -0.2) is 9.97 Å². The molecule has 52 heavy (non-hydrogen) atoms. The highest BCUT2D eigenvalue weighted by Gasteiger charge is 2.37. The molecule has 0 saturated carbocycles. The zero-order valence-electron chi connectivity index (χ0n) is 29.5. The molecule has 2 saturated heterocycles. The summed E-state index contributed by atoms with van der Waals surface area (Å²) < 4.78 is 0. The fraction of sp³-hybridized carbons (Fsp3) is 0.256. The van der Waals surface area contributed by atoms with Crippen LogP contribution in [-0.4, -0.2) is 73.6 Å². The Bertz CT molecular complexity index is 2140. The summed E-state index contributed by atoms with van der Waals surface area (Å²) in [6.07, 6.45) is 7.41. The number of rotatable bonds is 9. The van der Waals surface area contributed by atoms with Gasteiger partial charge in [0.15, 0.2) is 0 Å². The van der Waals surface area contributed by atoms with Crippen LogP contribution in [-0.2, 0) is 4.79 Å². The molecule has 0 unspecified atom stereocenters. The lowest BCUT2D eigenvalue weighted by Crippen LogP contribution is -2.40. The molecule has 2 aromatic heterocycles. The molecule has 6 aromatic rings. The largest absolute Gasteiger partial charge is 0.340 e. The van der Waals surface area contributed by atoms with E-state index in [2.05, 4.69) is 64.6 Å². The highest BCUT2D eigenvalue weighted by Crippen LogP contribution is 2.36. The molecule has 2 amide bonds. The standard InChI is InChI=1S/C43H42N7O2/c1-48(2)39(33-11-5-3-6-12-33)43(52)50-26-10-16-38(50)41-45-28-36(47-41)32-23-19-30(20-24-32)29-17-21-31(22-18-29)35-27-44-40(46-35)37-15-9-25-49(37)42(51)34-13-7-4-8-14-34/h3,5-8,11-14,17-24,27-28,37-39H,9-10,15-16,25-26H2,1-2H3,(H,44,46)(H,45,47)/t37-,38-,39+/m0/s1. The van der Waals surface area contributed by atoms with Crippen molar-refractivity contribution < 1.29 is 9.59 Å². The molecule has 1 radical (unpaired) electrons. The normalized spacial score (nSPS) is 17.9. The second-order valence-electron chi connectivity index (χ2n) is 13.9. The molecule has 2 N–H and O–H groups in total. The average molecular weight is 689 g/mol. The molecule has 4 aromatic carbocycles. The van der Waals surface area contributed by atoms with Gasteiger partial charge in [0.1, 0.15) is 17.7 Å². The van der Waals surface area contributed by atoms with Gasteiger partial charge < -0.3 is 19.8 Å². The predicted octanol–water partition coefficient (Wildman–Crippen LogP) is 7.88. The van der Waals surface area contributed by atoms with Gasteiger partial charge in [-0.2, -0.15) is 0 Å². The molecule has 0 aliphatic carbocycles. The third-order valence-corrected chi connectivity index (χ3v) is 10.4. The Morgan fingerprint density at radius 2 is 1.19 bits per heavy atom. The molecule has 9 nitrogen and oxygen atoms in total. The van der Waals surface area contributed by atoms with E-state index in [4.69, 9.17) is 9.97 Å². The van der Waals surface area contributed by atoms with Crippen molar-refractivity contribution in [2.45, 2.75) is 43.8 Å². The zero-order chi connectivity index (χ0) is 35.6. The van der Waals surface area contributed by atoms with Crippen LogP contribution in [0.25, 0.3) is 33.6 Å². The van der Waals surface area contributed by atoms with Crippen LogP contribution in [0.15, 0.2) is 116 Å². The molecule has 4 heterocycles. The van der Waals surface area contributed by atoms with Gasteiger partial charge in [-0.3, -0.25) is 14.5 Å². The van der Waals surface area contributed by atoms with Crippen LogP contribution in [0.2, 0.25) is 0 Å². The smallest absolute Gasteiger partial charge is 0.254 e. The Morgan fingerprint density at radius 3 is 1.73 bits per heavy atom. The maximum absolute atomic E-state index is 13.9. The topological polar surface area (TPSA) is 101 Å². The lowest BCUT2D eigenvalue weighted by atomic mass is 10.0. The first-order chi connectivity index (χ1) is 25.4. The first-order valence-electron chi connectivity index (χ1n) is 18.0. The van der Waals surface area contributed by atoms with Crippen molar-refractivity contribution in [2.75, 3.05) is 27.2 Å². The summed E-state index contributed by atoms with van der Waals surface area (Å²) in [6.45, 7) is 1.44. The second kappa shape index (κ2) is 14.4. The van der Waals surface area contributed by atoms with Crippen LogP contribution in [0.1, 0.15) is 71.4 Å². The Labute approximate surface area is 304 Å². The monoisotopic (exact) mass is 688 g/mol. The highest BCUT2D eigenvalue weighted by atomic mass is 16.2. The summed E-state index contributed by atoms with van der Waals surface area (Å²) >= 11 is 0. The second-order valence-corrected chi connectivity index (χ2v) is 13.9. The summed E-state index contributed by atoms with van der Waals surface area (Å²) in [6, 6.07) is 36.6. The Kier molecular flexibility index (Phi) is 9.26. The van der Waals surface area contributed by atoms with Gasteiger partial charge in [-0.15, -0.1) is 0 Å². The van der Waals surface area contributed by atoms with E-state index in [1.165, 1.54) is 0 Å². The lowest BCUT2D eigenvalue weighted by Gasteiger charge is -2.31. The van der Waals surface area contributed by atoms with Crippen molar-refractivity contribution in [1.82, 2.24) is 34.6 Å². The molecule has 2 fully saturated rings. The number of H-pyrrole nitrogens is 2. The molecular formula is C43H42N7O2. The highest BCUT2D eigenvalue weighted by molar-refractivity contribution is 5.94. The van der Waals surface area contributed by atoms with E-state index in [9.17, 15) is 9.59 Å². The van der Waals surface area contributed by atoms with Crippen LogP contribution in [0.3, 0.4) is 0 Å². The number of aromatic amines is 2. The van der Waals surface area contributed by atoms with Gasteiger partial charge in [0, 0.05) is 18.7 Å². The number of amides is 2. The van der Waals surface area contributed by atoms with Crippen LogP contribution in [0.5, 0.6) is 0 Å². The number of aromatic nitrogens is 4. The van der Waals surface area contributed by atoms with Crippen LogP contribution < -0.4 is 0 Å². The third kappa shape index (κ3) is 6.55. The number of nitrogens with one attached hydrogen (secondary N) is 2. The third-order valence-electron chi connectivity index (χ3n) is 10.4. The Morgan fingerprint density at radius 1 is 0.692 bits per heavy atom. The molecule has 9 heteroatoms. The van der Waals surface area contributed by atoms with Crippen molar-refractivity contribution in [3.05, 3.63) is 144 Å². The summed E-state index contributed by atoms with van der Waals surface area (Å²) in [5, 5.41) is 0. The van der Waals surface area contributed by atoms with Crippen molar-refractivity contribution in [3.8, 4) is 33.6 Å². The van der Waals surface area contributed by atoms with Crippen molar-refractivity contribution in [2.24, 2.45) is 0 Å². The first kappa shape index (κ1) is 33.3. The summed E-state index contributed by atoms with van der Waals surface area (Å²) in [7, 11) is 3.92. The van der Waals surface area contributed by atoms with E-state index in [1.807, 2.05) is 83.7 Å².